The van der Waals surface area contributed by atoms with Gasteiger partial charge in [-0.15, -0.1) is 0 Å². The van der Waals surface area contributed by atoms with Gasteiger partial charge in [-0.3, -0.25) is 4.79 Å². The maximum Gasteiger partial charge on any atom is 0.243 e. The molecule has 0 radical (unpaired) electrons. The number of carbonyl (C=O) groups excluding carboxylic acids is 1. The standard InChI is InChI=1S/C21H23NO5S/c1-15(23)16-5-8-18(9-6-16)28(24,25)22-11-2-4-19(22)17-7-10-20-21(14-17)27-13-3-12-26-20/h5-10,14,19H,2-4,11-13H2,1H3. The minimum Gasteiger partial charge on any atom is -0.490 e. The smallest absolute Gasteiger partial charge is 0.243 e. The Bertz CT molecular complexity index is 984. The highest BCUT2D eigenvalue weighted by Crippen LogP contribution is 2.40. The van der Waals surface area contributed by atoms with Gasteiger partial charge in [0.25, 0.3) is 0 Å². The Morgan fingerprint density at radius 1 is 1.00 bits per heavy atom. The molecule has 2 heterocycles. The Morgan fingerprint density at radius 2 is 1.71 bits per heavy atom. The predicted molar refractivity (Wildman–Crippen MR) is 104 cm³/mol. The second kappa shape index (κ2) is 7.56. The lowest BCUT2D eigenvalue weighted by Crippen LogP contribution is -2.30. The van der Waals surface area contributed by atoms with E-state index in [-0.39, 0.29) is 16.7 Å². The van der Waals surface area contributed by atoms with E-state index in [9.17, 15) is 13.2 Å². The largest absolute Gasteiger partial charge is 0.490 e. The van der Waals surface area contributed by atoms with E-state index in [1.54, 1.807) is 16.4 Å². The molecule has 28 heavy (non-hydrogen) atoms. The first kappa shape index (κ1) is 19.0. The molecular weight excluding hydrogens is 378 g/mol. The van der Waals surface area contributed by atoms with E-state index < -0.39 is 10.0 Å². The number of Topliss-reactive ketones (excluding diaryl/α,β-unsaturated/α-hetero) is 1. The van der Waals surface area contributed by atoms with Crippen LogP contribution in [0.1, 0.15) is 48.1 Å². The van der Waals surface area contributed by atoms with E-state index in [1.807, 2.05) is 18.2 Å². The number of hydrogen-bond acceptors (Lipinski definition) is 5. The van der Waals surface area contributed by atoms with E-state index >= 15 is 0 Å². The summed E-state index contributed by atoms with van der Waals surface area (Å²) in [6.45, 7) is 3.14. The van der Waals surface area contributed by atoms with Gasteiger partial charge in [-0.1, -0.05) is 18.2 Å². The molecule has 0 amide bonds. The van der Waals surface area contributed by atoms with Gasteiger partial charge in [0.05, 0.1) is 24.2 Å². The van der Waals surface area contributed by atoms with Gasteiger partial charge in [0.1, 0.15) is 0 Å². The fraction of sp³-hybridized carbons (Fsp3) is 0.381. The van der Waals surface area contributed by atoms with Gasteiger partial charge >= 0.3 is 0 Å². The number of nitrogens with zero attached hydrogens (tertiary/aromatic N) is 1. The van der Waals surface area contributed by atoms with Gasteiger partial charge in [0.2, 0.25) is 10.0 Å². The van der Waals surface area contributed by atoms with E-state index in [2.05, 4.69) is 0 Å². The molecule has 0 bridgehead atoms. The summed E-state index contributed by atoms with van der Waals surface area (Å²) in [6, 6.07) is 11.6. The van der Waals surface area contributed by atoms with Crippen LogP contribution in [-0.4, -0.2) is 38.3 Å². The third-order valence-corrected chi connectivity index (χ3v) is 7.15. The van der Waals surface area contributed by atoms with Gasteiger partial charge in [-0.2, -0.15) is 4.31 Å². The average Bonchev–Trinajstić information content (AvgIpc) is 3.08. The second-order valence-electron chi connectivity index (χ2n) is 7.11. The molecule has 2 aromatic rings. The minimum absolute atomic E-state index is 0.0878. The molecule has 0 N–H and O–H groups in total. The number of sulfonamides is 1. The summed E-state index contributed by atoms with van der Waals surface area (Å²) in [6.07, 6.45) is 2.37. The molecule has 7 heteroatoms. The maximum atomic E-state index is 13.2. The van der Waals surface area contributed by atoms with Crippen LogP contribution >= 0.6 is 0 Å². The highest BCUT2D eigenvalue weighted by Gasteiger charge is 2.36. The SMILES string of the molecule is CC(=O)c1ccc(S(=O)(=O)N2CCCC2c2ccc3c(c2)OCCCO3)cc1. The molecule has 1 atom stereocenters. The van der Waals surface area contributed by atoms with Crippen molar-refractivity contribution < 1.29 is 22.7 Å². The Labute approximate surface area is 165 Å². The van der Waals surface area contributed by atoms with E-state index in [4.69, 9.17) is 9.47 Å². The lowest BCUT2D eigenvalue weighted by atomic mass is 10.0. The molecule has 1 unspecified atom stereocenters. The zero-order valence-electron chi connectivity index (χ0n) is 15.8. The Balaban J connectivity index is 1.64. The third kappa shape index (κ3) is 3.52. The van der Waals surface area contributed by atoms with Crippen LogP contribution in [0.3, 0.4) is 0 Å². The predicted octanol–water partition coefficient (Wildman–Crippen LogP) is 3.58. The van der Waals surface area contributed by atoms with Gasteiger partial charge < -0.3 is 9.47 Å². The summed E-state index contributed by atoms with van der Waals surface area (Å²) in [5.74, 6) is 1.29. The Hall–Kier alpha value is -2.38. The van der Waals surface area contributed by atoms with Crippen LogP contribution in [0.25, 0.3) is 0 Å². The molecule has 0 saturated carbocycles. The second-order valence-corrected chi connectivity index (χ2v) is 9.00. The van der Waals surface area contributed by atoms with Crippen LogP contribution < -0.4 is 9.47 Å². The number of hydrogen-bond donors (Lipinski definition) is 0. The van der Waals surface area contributed by atoms with E-state index in [1.165, 1.54) is 19.1 Å². The van der Waals surface area contributed by atoms with Crippen LogP contribution in [0.5, 0.6) is 11.5 Å². The maximum absolute atomic E-state index is 13.2. The molecule has 6 nitrogen and oxygen atoms in total. The summed E-state index contributed by atoms with van der Waals surface area (Å²) >= 11 is 0. The van der Waals surface area contributed by atoms with Crippen LogP contribution in [0.2, 0.25) is 0 Å². The zero-order valence-corrected chi connectivity index (χ0v) is 16.6. The van der Waals surface area contributed by atoms with Crippen molar-refractivity contribution in [2.75, 3.05) is 19.8 Å². The summed E-state index contributed by atoms with van der Waals surface area (Å²) in [5.41, 5.74) is 1.41. The zero-order chi connectivity index (χ0) is 19.7. The summed E-state index contributed by atoms with van der Waals surface area (Å²) < 4.78 is 39.4. The molecule has 0 aliphatic carbocycles. The van der Waals surface area contributed by atoms with Crippen molar-refractivity contribution in [2.45, 2.75) is 37.1 Å². The fourth-order valence-electron chi connectivity index (χ4n) is 3.75. The van der Waals surface area contributed by atoms with Crippen molar-refractivity contribution in [3.8, 4) is 11.5 Å². The highest BCUT2D eigenvalue weighted by atomic mass is 32.2. The van der Waals surface area contributed by atoms with Gasteiger partial charge in [0, 0.05) is 18.5 Å². The number of ketones is 1. The molecular formula is C21H23NO5S. The van der Waals surface area contributed by atoms with Crippen molar-refractivity contribution in [3.05, 3.63) is 53.6 Å². The summed E-state index contributed by atoms with van der Waals surface area (Å²) in [5, 5.41) is 0. The van der Waals surface area contributed by atoms with Crippen molar-refractivity contribution in [1.82, 2.24) is 4.31 Å². The lowest BCUT2D eigenvalue weighted by Gasteiger charge is -2.25. The molecule has 4 rings (SSSR count). The number of benzene rings is 2. The minimum atomic E-state index is -3.66. The molecule has 2 aliphatic heterocycles. The highest BCUT2D eigenvalue weighted by molar-refractivity contribution is 7.89. The Morgan fingerprint density at radius 3 is 2.43 bits per heavy atom. The van der Waals surface area contributed by atoms with Gasteiger partial charge in [-0.05, 0) is 49.6 Å². The first-order valence-electron chi connectivity index (χ1n) is 9.49. The first-order chi connectivity index (χ1) is 13.5. The van der Waals surface area contributed by atoms with Crippen molar-refractivity contribution >= 4 is 15.8 Å². The molecule has 2 aromatic carbocycles. The molecule has 148 valence electrons. The van der Waals surface area contributed by atoms with Crippen LogP contribution in [0.15, 0.2) is 47.4 Å². The van der Waals surface area contributed by atoms with Crippen LogP contribution in [0, 0.1) is 0 Å². The monoisotopic (exact) mass is 401 g/mol. The molecule has 0 aromatic heterocycles. The van der Waals surface area contributed by atoms with Crippen molar-refractivity contribution in [3.63, 3.8) is 0 Å². The molecule has 0 spiro atoms. The molecule has 1 saturated heterocycles. The van der Waals surface area contributed by atoms with Gasteiger partial charge in [-0.25, -0.2) is 8.42 Å². The van der Waals surface area contributed by atoms with Crippen molar-refractivity contribution in [2.24, 2.45) is 0 Å². The lowest BCUT2D eigenvalue weighted by molar-refractivity contribution is 0.101. The number of carbonyl (C=O) groups is 1. The quantitative estimate of drug-likeness (QED) is 0.732. The normalized spacial score (nSPS) is 20.0. The summed E-state index contributed by atoms with van der Waals surface area (Å²) in [7, 11) is -3.66. The number of ether oxygens (including phenoxy) is 2. The summed E-state index contributed by atoms with van der Waals surface area (Å²) in [4.78, 5) is 11.7. The molecule has 2 aliphatic rings. The van der Waals surface area contributed by atoms with Gasteiger partial charge in [0.15, 0.2) is 17.3 Å². The number of fused-ring (bicyclic) bond motifs is 1. The van der Waals surface area contributed by atoms with Crippen LogP contribution in [-0.2, 0) is 10.0 Å². The Kier molecular flexibility index (Phi) is 5.12. The topological polar surface area (TPSA) is 72.9 Å². The van der Waals surface area contributed by atoms with Crippen molar-refractivity contribution in [1.29, 1.82) is 0 Å². The third-order valence-electron chi connectivity index (χ3n) is 5.23. The van der Waals surface area contributed by atoms with E-state index in [0.717, 1.165) is 24.8 Å². The number of rotatable bonds is 4. The fourth-order valence-corrected chi connectivity index (χ4v) is 5.43. The average molecular weight is 401 g/mol. The van der Waals surface area contributed by atoms with Crippen LogP contribution in [0.4, 0.5) is 0 Å². The first-order valence-corrected chi connectivity index (χ1v) is 10.9. The molecule has 1 fully saturated rings. The van der Waals surface area contributed by atoms with E-state index in [0.29, 0.717) is 36.8 Å².